The van der Waals surface area contributed by atoms with E-state index in [9.17, 15) is 0 Å². The van der Waals surface area contributed by atoms with Crippen molar-refractivity contribution in [2.24, 2.45) is 4.99 Å². The summed E-state index contributed by atoms with van der Waals surface area (Å²) in [5.74, 6) is 1.32. The maximum absolute atomic E-state index is 5.39. The van der Waals surface area contributed by atoms with E-state index in [4.69, 9.17) is 4.99 Å². The van der Waals surface area contributed by atoms with E-state index in [2.05, 4.69) is 72.6 Å². The highest BCUT2D eigenvalue weighted by Gasteiger charge is 2.14. The summed E-state index contributed by atoms with van der Waals surface area (Å²) < 4.78 is 0. The highest BCUT2D eigenvalue weighted by Crippen LogP contribution is 2.25. The number of aryl methyl sites for hydroxylation is 1. The number of hydrogen-bond acceptors (Lipinski definition) is 1. The molecule has 0 spiro atoms. The molecule has 1 aliphatic heterocycles. The molecule has 0 bridgehead atoms. The Morgan fingerprint density at radius 3 is 2.07 bits per heavy atom. The van der Waals surface area contributed by atoms with Crippen LogP contribution in [0.4, 0.5) is 0 Å². The third-order valence-electron chi connectivity index (χ3n) is 6.36. The Kier molecular flexibility index (Phi) is 9.99. The number of hydrogen-bond donors (Lipinski definition) is 0. The van der Waals surface area contributed by atoms with E-state index in [1.165, 1.54) is 74.7 Å². The lowest BCUT2D eigenvalue weighted by Gasteiger charge is -2.25. The standard InChI is InChI=1S/C28H40N2/c1-30-24-15-7-5-3-2-4-6-14-23-28(30)29-27(26-20-12-9-13-21-26)22-16-19-25-17-10-8-11-18-25/h8-13,17-18,20-21,27H,2-7,14-16,19,22-24H2,1H3/b29-28+. The highest BCUT2D eigenvalue weighted by molar-refractivity contribution is 5.82. The maximum Gasteiger partial charge on any atom is 0.0993 e. The van der Waals surface area contributed by atoms with Crippen LogP contribution >= 0.6 is 0 Å². The van der Waals surface area contributed by atoms with Gasteiger partial charge in [0.25, 0.3) is 0 Å². The van der Waals surface area contributed by atoms with Gasteiger partial charge >= 0.3 is 0 Å². The molecule has 0 radical (unpaired) electrons. The maximum atomic E-state index is 5.39. The van der Waals surface area contributed by atoms with Gasteiger partial charge in [0.05, 0.1) is 11.9 Å². The normalized spacial score (nSPS) is 19.1. The van der Waals surface area contributed by atoms with Crippen LogP contribution in [-0.2, 0) is 6.42 Å². The van der Waals surface area contributed by atoms with Gasteiger partial charge in [0.2, 0.25) is 0 Å². The first kappa shape index (κ1) is 22.6. The van der Waals surface area contributed by atoms with E-state index in [0.717, 1.165) is 25.8 Å². The summed E-state index contributed by atoms with van der Waals surface area (Å²) in [6.07, 6.45) is 15.4. The first-order valence-electron chi connectivity index (χ1n) is 12.2. The number of amidine groups is 1. The van der Waals surface area contributed by atoms with Crippen LogP contribution in [0.1, 0.15) is 87.8 Å². The van der Waals surface area contributed by atoms with Crippen molar-refractivity contribution in [2.75, 3.05) is 13.6 Å². The average molecular weight is 405 g/mol. The molecular weight excluding hydrogens is 364 g/mol. The van der Waals surface area contributed by atoms with Crippen molar-refractivity contribution >= 4 is 5.84 Å². The van der Waals surface area contributed by atoms with Gasteiger partial charge in [-0.1, -0.05) is 99.2 Å². The van der Waals surface area contributed by atoms with E-state index < -0.39 is 0 Å². The summed E-state index contributed by atoms with van der Waals surface area (Å²) in [6.45, 7) is 1.14. The van der Waals surface area contributed by atoms with Crippen LogP contribution in [0.5, 0.6) is 0 Å². The van der Waals surface area contributed by atoms with Crippen molar-refractivity contribution in [3.8, 4) is 0 Å². The van der Waals surface area contributed by atoms with E-state index in [1.807, 2.05) is 0 Å². The van der Waals surface area contributed by atoms with E-state index in [0.29, 0.717) is 0 Å². The van der Waals surface area contributed by atoms with Gasteiger partial charge in [0.15, 0.2) is 0 Å². The molecule has 30 heavy (non-hydrogen) atoms. The molecule has 0 aliphatic carbocycles. The molecule has 0 aromatic heterocycles. The molecule has 1 atom stereocenters. The number of benzene rings is 2. The number of nitrogens with zero attached hydrogens (tertiary/aromatic N) is 2. The summed E-state index contributed by atoms with van der Waals surface area (Å²) in [4.78, 5) is 7.84. The first-order chi connectivity index (χ1) is 14.8. The molecule has 0 saturated carbocycles. The van der Waals surface area contributed by atoms with Crippen molar-refractivity contribution < 1.29 is 0 Å². The van der Waals surface area contributed by atoms with Crippen LogP contribution in [-0.4, -0.2) is 24.3 Å². The molecule has 1 unspecified atom stereocenters. The van der Waals surface area contributed by atoms with Crippen molar-refractivity contribution in [1.82, 2.24) is 4.90 Å². The van der Waals surface area contributed by atoms with Gasteiger partial charge in [-0.2, -0.15) is 0 Å². The van der Waals surface area contributed by atoms with Gasteiger partial charge in [-0.05, 0) is 43.2 Å². The topological polar surface area (TPSA) is 15.6 Å². The Balaban J connectivity index is 1.71. The van der Waals surface area contributed by atoms with Crippen LogP contribution in [0, 0.1) is 0 Å². The minimum atomic E-state index is 0.264. The summed E-state index contributed by atoms with van der Waals surface area (Å²) >= 11 is 0. The molecule has 0 amide bonds. The van der Waals surface area contributed by atoms with Gasteiger partial charge < -0.3 is 4.90 Å². The molecule has 1 aliphatic rings. The van der Waals surface area contributed by atoms with Crippen molar-refractivity contribution in [3.63, 3.8) is 0 Å². The Morgan fingerprint density at radius 1 is 0.767 bits per heavy atom. The van der Waals surface area contributed by atoms with E-state index in [1.54, 1.807) is 0 Å². The number of rotatable bonds is 6. The predicted molar refractivity (Wildman–Crippen MR) is 130 cm³/mol. The fourth-order valence-electron chi connectivity index (χ4n) is 4.48. The second-order valence-electron chi connectivity index (χ2n) is 8.85. The zero-order chi connectivity index (χ0) is 20.9. The summed E-state index contributed by atoms with van der Waals surface area (Å²) in [5, 5.41) is 0. The van der Waals surface area contributed by atoms with Gasteiger partial charge in [0, 0.05) is 20.0 Å². The molecular formula is C28H40N2. The molecule has 2 nitrogen and oxygen atoms in total. The van der Waals surface area contributed by atoms with Gasteiger partial charge in [-0.3, -0.25) is 4.99 Å². The monoisotopic (exact) mass is 404 g/mol. The zero-order valence-corrected chi connectivity index (χ0v) is 18.9. The summed E-state index contributed by atoms with van der Waals surface area (Å²) in [7, 11) is 2.26. The van der Waals surface area contributed by atoms with Gasteiger partial charge in [0.1, 0.15) is 0 Å². The fourth-order valence-corrected chi connectivity index (χ4v) is 4.48. The quantitative estimate of drug-likeness (QED) is 0.484. The van der Waals surface area contributed by atoms with Crippen molar-refractivity contribution in [2.45, 2.75) is 83.1 Å². The lowest BCUT2D eigenvalue weighted by Crippen LogP contribution is -2.28. The Hall–Kier alpha value is -2.09. The SMILES string of the molecule is CN1CCCCCCCCCC/C1=N\C(CCCc1ccccc1)c1ccccc1. The minimum Gasteiger partial charge on any atom is -0.363 e. The van der Waals surface area contributed by atoms with E-state index >= 15 is 0 Å². The second-order valence-corrected chi connectivity index (χ2v) is 8.85. The van der Waals surface area contributed by atoms with Crippen molar-refractivity contribution in [3.05, 3.63) is 71.8 Å². The minimum absolute atomic E-state index is 0.264. The predicted octanol–water partition coefficient (Wildman–Crippen LogP) is 7.61. The lowest BCUT2D eigenvalue weighted by molar-refractivity contribution is 0.440. The van der Waals surface area contributed by atoms with Gasteiger partial charge in [-0.25, -0.2) is 0 Å². The molecule has 1 heterocycles. The average Bonchev–Trinajstić information content (AvgIpc) is 2.78. The molecule has 1 saturated heterocycles. The highest BCUT2D eigenvalue weighted by atomic mass is 15.2. The fraction of sp³-hybridized carbons (Fsp3) is 0.536. The molecule has 0 N–H and O–H groups in total. The van der Waals surface area contributed by atoms with Crippen LogP contribution in [0.25, 0.3) is 0 Å². The molecule has 1 fully saturated rings. The summed E-state index contributed by atoms with van der Waals surface area (Å²) in [6, 6.07) is 22.1. The molecule has 3 rings (SSSR count). The second kappa shape index (κ2) is 13.3. The molecule has 2 heteroatoms. The van der Waals surface area contributed by atoms with Crippen LogP contribution < -0.4 is 0 Å². The molecule has 2 aromatic carbocycles. The van der Waals surface area contributed by atoms with Crippen LogP contribution in [0.3, 0.4) is 0 Å². The molecule has 162 valence electrons. The van der Waals surface area contributed by atoms with Crippen molar-refractivity contribution in [1.29, 1.82) is 0 Å². The zero-order valence-electron chi connectivity index (χ0n) is 18.9. The lowest BCUT2D eigenvalue weighted by atomic mass is 9.99. The summed E-state index contributed by atoms with van der Waals surface area (Å²) in [5.41, 5.74) is 2.79. The Morgan fingerprint density at radius 2 is 1.37 bits per heavy atom. The molecule has 2 aromatic rings. The van der Waals surface area contributed by atoms with Crippen LogP contribution in [0.15, 0.2) is 65.7 Å². The largest absolute Gasteiger partial charge is 0.363 e. The van der Waals surface area contributed by atoms with Gasteiger partial charge in [-0.15, -0.1) is 0 Å². The smallest absolute Gasteiger partial charge is 0.0993 e. The number of aliphatic imine (C=N–C) groups is 1. The van der Waals surface area contributed by atoms with E-state index in [-0.39, 0.29) is 6.04 Å². The Bertz CT molecular complexity index is 723. The third kappa shape index (κ3) is 7.97. The van der Waals surface area contributed by atoms with Crippen LogP contribution in [0.2, 0.25) is 0 Å². The first-order valence-corrected chi connectivity index (χ1v) is 12.2. The third-order valence-corrected chi connectivity index (χ3v) is 6.36. The Labute approximate surface area is 184 Å².